The van der Waals surface area contributed by atoms with Gasteiger partial charge in [0.25, 0.3) is 20.0 Å². The number of nitrogens with zero attached hydrogens (tertiary/aromatic N) is 6. The van der Waals surface area contributed by atoms with Crippen LogP contribution in [0.2, 0.25) is 0 Å². The van der Waals surface area contributed by atoms with Crippen LogP contribution in [0.4, 0.5) is 0 Å². The van der Waals surface area contributed by atoms with E-state index < -0.39 is 20.0 Å². The molecule has 0 saturated carbocycles. The van der Waals surface area contributed by atoms with Gasteiger partial charge in [-0.2, -0.15) is 0 Å². The topological polar surface area (TPSA) is 166 Å². The summed E-state index contributed by atoms with van der Waals surface area (Å²) in [5.74, 6) is 0. The van der Waals surface area contributed by atoms with E-state index in [1.54, 1.807) is 24.3 Å². The van der Waals surface area contributed by atoms with Crippen LogP contribution in [0.5, 0.6) is 0 Å². The maximum atomic E-state index is 11.6. The molecular formula is C13H10N6O4S2. The number of hydrogen-bond acceptors (Lipinski definition) is 4. The lowest BCUT2D eigenvalue weighted by Gasteiger charge is -2.04. The first-order valence-corrected chi connectivity index (χ1v) is 9.47. The van der Waals surface area contributed by atoms with Crippen LogP contribution in [0, 0.1) is 0 Å². The first kappa shape index (κ1) is 18.3. The third kappa shape index (κ3) is 4.49. The van der Waals surface area contributed by atoms with Crippen LogP contribution in [-0.2, 0) is 26.5 Å². The van der Waals surface area contributed by atoms with E-state index in [9.17, 15) is 16.8 Å². The van der Waals surface area contributed by atoms with Crippen molar-refractivity contribution in [2.75, 3.05) is 0 Å². The molecule has 0 N–H and O–H groups in total. The number of benzene rings is 2. The molecule has 10 nitrogen and oxygen atoms in total. The van der Waals surface area contributed by atoms with Gasteiger partial charge in [-0.25, -0.2) is 16.8 Å². The fourth-order valence-corrected chi connectivity index (χ4v) is 3.33. The Morgan fingerprint density at radius 2 is 1.00 bits per heavy atom. The Morgan fingerprint density at radius 3 is 1.28 bits per heavy atom. The molecule has 12 heteroatoms. The van der Waals surface area contributed by atoms with Crippen LogP contribution in [0.15, 0.2) is 67.4 Å². The SMILES string of the molecule is [N-]=[N+]=NS(=O)(=O)c1ccc(Cc2ccc(S(=O)(=O)N=[N+]=[N-])cc2)cc1. The van der Waals surface area contributed by atoms with Crippen LogP contribution < -0.4 is 0 Å². The Bertz CT molecular complexity index is 991. The zero-order valence-corrected chi connectivity index (χ0v) is 14.1. The molecule has 0 aromatic heterocycles. The maximum absolute atomic E-state index is 11.6. The van der Waals surface area contributed by atoms with Crippen molar-refractivity contribution in [1.82, 2.24) is 0 Å². The van der Waals surface area contributed by atoms with Gasteiger partial charge in [0.2, 0.25) is 0 Å². The van der Waals surface area contributed by atoms with E-state index in [1.807, 2.05) is 0 Å². The van der Waals surface area contributed by atoms with Gasteiger partial charge in [-0.1, -0.05) is 24.3 Å². The normalized spacial score (nSPS) is 11.2. The molecule has 0 aliphatic heterocycles. The number of rotatable bonds is 6. The molecule has 2 rings (SSSR count). The third-order valence-electron chi connectivity index (χ3n) is 3.14. The second-order valence-electron chi connectivity index (χ2n) is 4.76. The van der Waals surface area contributed by atoms with Crippen molar-refractivity contribution >= 4 is 20.0 Å². The van der Waals surface area contributed by atoms with E-state index in [0.29, 0.717) is 6.42 Å². The van der Waals surface area contributed by atoms with Gasteiger partial charge < -0.3 is 0 Å². The lowest BCUT2D eigenvalue weighted by atomic mass is 10.1. The van der Waals surface area contributed by atoms with Crippen molar-refractivity contribution < 1.29 is 16.8 Å². The van der Waals surface area contributed by atoms with Gasteiger partial charge in [0.1, 0.15) is 0 Å². The Labute approximate surface area is 143 Å². The summed E-state index contributed by atoms with van der Waals surface area (Å²) in [6, 6.07) is 11.5. The van der Waals surface area contributed by atoms with E-state index in [1.165, 1.54) is 24.3 Å². The van der Waals surface area contributed by atoms with Crippen molar-refractivity contribution in [1.29, 1.82) is 0 Å². The molecule has 0 amide bonds. The number of sulfonamides is 2. The quantitative estimate of drug-likeness (QED) is 0.427. The Balaban J connectivity index is 2.21. The lowest BCUT2D eigenvalue weighted by molar-refractivity contribution is 0.595. The van der Waals surface area contributed by atoms with Crippen LogP contribution in [0.25, 0.3) is 20.9 Å². The minimum Gasteiger partial charge on any atom is -0.216 e. The minimum atomic E-state index is -4.03. The number of azide groups is 2. The summed E-state index contributed by atoms with van der Waals surface area (Å²) in [7, 11) is -8.05. The molecule has 25 heavy (non-hydrogen) atoms. The Morgan fingerprint density at radius 1 is 0.680 bits per heavy atom. The Kier molecular flexibility index (Phi) is 5.30. The van der Waals surface area contributed by atoms with Gasteiger partial charge >= 0.3 is 0 Å². The van der Waals surface area contributed by atoms with E-state index in [2.05, 4.69) is 18.9 Å². The van der Waals surface area contributed by atoms with Crippen molar-refractivity contribution in [3.63, 3.8) is 0 Å². The summed E-state index contributed by atoms with van der Waals surface area (Å²) in [5, 5.41) is 0. The molecule has 0 heterocycles. The standard InChI is InChI=1S/C13H10N6O4S2/c14-16-18-24(20,21)12-5-1-10(2-6-12)9-11-3-7-13(8-4-11)25(22,23)19-17-15/h1-8H,9H2. The predicted molar refractivity (Wildman–Crippen MR) is 88.4 cm³/mol. The molecule has 0 unspecified atom stereocenters. The Hall–Kier alpha value is -3.04. The molecule has 0 aliphatic rings. The van der Waals surface area contributed by atoms with Crippen LogP contribution in [0.3, 0.4) is 0 Å². The lowest BCUT2D eigenvalue weighted by Crippen LogP contribution is -1.97. The van der Waals surface area contributed by atoms with Crippen LogP contribution in [-0.4, -0.2) is 16.8 Å². The molecule has 0 aliphatic carbocycles. The van der Waals surface area contributed by atoms with Crippen molar-refractivity contribution in [3.8, 4) is 0 Å². The average Bonchev–Trinajstić information content (AvgIpc) is 2.56. The van der Waals surface area contributed by atoms with E-state index in [4.69, 9.17) is 11.1 Å². The minimum absolute atomic E-state index is 0.121. The van der Waals surface area contributed by atoms with E-state index in [0.717, 1.165) is 11.1 Å². The van der Waals surface area contributed by atoms with Gasteiger partial charge in [-0.15, -0.1) is 0 Å². The van der Waals surface area contributed by atoms with Crippen molar-refractivity contribution in [2.45, 2.75) is 16.2 Å². The fraction of sp³-hybridized carbons (Fsp3) is 0.0769. The highest BCUT2D eigenvalue weighted by Gasteiger charge is 2.13. The molecule has 0 saturated heterocycles. The highest BCUT2D eigenvalue weighted by atomic mass is 32.2. The number of hydrogen-bond donors (Lipinski definition) is 0. The summed E-state index contributed by atoms with van der Waals surface area (Å²) in [6.45, 7) is 0. The molecular weight excluding hydrogens is 368 g/mol. The van der Waals surface area contributed by atoms with Gasteiger partial charge in [0, 0.05) is 18.9 Å². The van der Waals surface area contributed by atoms with Gasteiger partial charge in [0.15, 0.2) is 0 Å². The van der Waals surface area contributed by atoms with Gasteiger partial charge in [-0.05, 0) is 52.9 Å². The fourth-order valence-electron chi connectivity index (χ4n) is 1.98. The second kappa shape index (κ2) is 7.24. The molecule has 0 atom stereocenters. The first-order chi connectivity index (χ1) is 11.8. The molecule has 0 fully saturated rings. The zero-order chi connectivity index (χ0) is 18.5. The third-order valence-corrected chi connectivity index (χ3v) is 5.45. The highest BCUT2D eigenvalue weighted by molar-refractivity contribution is 7.90. The molecule has 0 radical (unpaired) electrons. The molecule has 0 bridgehead atoms. The van der Waals surface area contributed by atoms with Crippen LogP contribution >= 0.6 is 0 Å². The summed E-state index contributed by atoms with van der Waals surface area (Å²) < 4.78 is 51.8. The first-order valence-electron chi connectivity index (χ1n) is 6.59. The molecule has 2 aromatic rings. The van der Waals surface area contributed by atoms with Crippen LogP contribution in [0.1, 0.15) is 11.1 Å². The predicted octanol–water partition coefficient (Wildman–Crippen LogP) is 3.28. The summed E-state index contributed by atoms with van der Waals surface area (Å²) in [4.78, 5) is 4.31. The molecule has 128 valence electrons. The van der Waals surface area contributed by atoms with E-state index in [-0.39, 0.29) is 9.79 Å². The monoisotopic (exact) mass is 378 g/mol. The zero-order valence-electron chi connectivity index (χ0n) is 12.5. The van der Waals surface area contributed by atoms with E-state index >= 15 is 0 Å². The average molecular weight is 378 g/mol. The highest BCUT2D eigenvalue weighted by Crippen LogP contribution is 2.18. The largest absolute Gasteiger partial charge is 0.264 e. The molecule has 0 spiro atoms. The summed E-state index contributed by atoms with van der Waals surface area (Å²) >= 11 is 0. The maximum Gasteiger partial charge on any atom is 0.264 e. The van der Waals surface area contributed by atoms with Gasteiger partial charge in [-0.3, -0.25) is 0 Å². The smallest absolute Gasteiger partial charge is 0.216 e. The van der Waals surface area contributed by atoms with Crippen molar-refractivity contribution in [2.24, 2.45) is 9.04 Å². The second-order valence-corrected chi connectivity index (χ2v) is 7.93. The summed E-state index contributed by atoms with van der Waals surface area (Å²) in [5.41, 5.74) is 18.0. The van der Waals surface area contributed by atoms with Crippen molar-refractivity contribution in [3.05, 3.63) is 80.5 Å². The molecule has 2 aromatic carbocycles. The summed E-state index contributed by atoms with van der Waals surface area (Å²) in [6.07, 6.45) is 0.420. The van der Waals surface area contributed by atoms with Gasteiger partial charge in [0.05, 0.1) is 9.79 Å².